The van der Waals surface area contributed by atoms with E-state index in [4.69, 9.17) is 16.3 Å². The highest BCUT2D eigenvalue weighted by atomic mass is 35.5. The first-order valence-corrected chi connectivity index (χ1v) is 8.27. The number of nitrogens with one attached hydrogen (secondary N) is 1. The second-order valence-corrected chi connectivity index (χ2v) is 6.62. The summed E-state index contributed by atoms with van der Waals surface area (Å²) in [4.78, 5) is 0. The largest absolute Gasteiger partial charge is 0.383 e. The van der Waals surface area contributed by atoms with Gasteiger partial charge in [0.15, 0.2) is 0 Å². The molecule has 0 saturated carbocycles. The molecule has 0 aliphatic rings. The van der Waals surface area contributed by atoms with Crippen molar-refractivity contribution in [1.82, 2.24) is 4.72 Å². The molecule has 0 fully saturated rings. The third-order valence-electron chi connectivity index (χ3n) is 2.74. The molecule has 0 heterocycles. The minimum atomic E-state index is -3.38. The van der Waals surface area contributed by atoms with Crippen LogP contribution < -0.4 is 4.72 Å². The number of benzene rings is 1. The van der Waals surface area contributed by atoms with E-state index in [2.05, 4.69) is 4.72 Å². The van der Waals surface area contributed by atoms with E-state index >= 15 is 0 Å². The number of ether oxygens (including phenoxy) is 1. The summed E-state index contributed by atoms with van der Waals surface area (Å²) in [6, 6.07) is 9.17. The number of alkyl halides is 1. The highest BCUT2D eigenvalue weighted by Crippen LogP contribution is 2.16. The van der Waals surface area contributed by atoms with E-state index in [1.54, 1.807) is 0 Å². The fourth-order valence-corrected chi connectivity index (χ4v) is 3.68. The lowest BCUT2D eigenvalue weighted by molar-refractivity contribution is 0.181. The molecule has 1 aromatic carbocycles. The monoisotopic (exact) mass is 305 g/mol. The van der Waals surface area contributed by atoms with Crippen molar-refractivity contribution < 1.29 is 13.2 Å². The Hall–Kier alpha value is -0.620. The first-order valence-electron chi connectivity index (χ1n) is 6.08. The second-order valence-electron chi connectivity index (χ2n) is 4.52. The number of hydrogen-bond donors (Lipinski definition) is 1. The zero-order chi connectivity index (χ0) is 14.3. The third-order valence-corrected chi connectivity index (χ3v) is 4.74. The summed E-state index contributed by atoms with van der Waals surface area (Å²) in [7, 11) is -1.86. The minimum absolute atomic E-state index is 0.0358. The maximum absolute atomic E-state index is 12.0. The summed E-state index contributed by atoms with van der Waals surface area (Å²) < 4.78 is 31.5. The van der Waals surface area contributed by atoms with Crippen LogP contribution in [0.1, 0.15) is 18.4 Å². The van der Waals surface area contributed by atoms with Crippen LogP contribution in [0.4, 0.5) is 0 Å². The maximum atomic E-state index is 12.0. The molecule has 4 nitrogen and oxygen atoms in total. The Kier molecular flexibility index (Phi) is 6.79. The molecule has 0 spiro atoms. The van der Waals surface area contributed by atoms with Crippen LogP contribution in [-0.4, -0.2) is 39.8 Å². The minimum Gasteiger partial charge on any atom is -0.383 e. The Morgan fingerprint density at radius 3 is 2.47 bits per heavy atom. The van der Waals surface area contributed by atoms with Crippen LogP contribution in [-0.2, 0) is 14.8 Å². The molecule has 19 heavy (non-hydrogen) atoms. The lowest BCUT2D eigenvalue weighted by atomic mass is 10.0. The van der Waals surface area contributed by atoms with E-state index in [0.29, 0.717) is 0 Å². The van der Waals surface area contributed by atoms with Crippen LogP contribution in [0.25, 0.3) is 0 Å². The summed E-state index contributed by atoms with van der Waals surface area (Å²) in [5, 5.41) is 0. The number of rotatable bonds is 8. The van der Waals surface area contributed by atoms with Crippen LogP contribution in [0, 0.1) is 0 Å². The van der Waals surface area contributed by atoms with Gasteiger partial charge in [0.2, 0.25) is 10.0 Å². The van der Waals surface area contributed by atoms with E-state index in [-0.39, 0.29) is 30.2 Å². The van der Waals surface area contributed by atoms with Crippen molar-refractivity contribution >= 4 is 21.6 Å². The fourth-order valence-electron chi connectivity index (χ4n) is 1.82. The molecule has 1 rings (SSSR count). The summed E-state index contributed by atoms with van der Waals surface area (Å²) in [5.41, 5.74) is 1.00. The van der Waals surface area contributed by atoms with Gasteiger partial charge in [0.25, 0.3) is 0 Å². The van der Waals surface area contributed by atoms with Gasteiger partial charge in [0, 0.05) is 13.0 Å². The number of methoxy groups -OCH3 is 1. The van der Waals surface area contributed by atoms with Crippen LogP contribution in [0.15, 0.2) is 30.3 Å². The van der Waals surface area contributed by atoms with Crippen LogP contribution in [0.5, 0.6) is 0 Å². The summed E-state index contributed by atoms with van der Waals surface area (Å²) >= 11 is 5.70. The molecule has 0 aliphatic carbocycles. The predicted molar refractivity (Wildman–Crippen MR) is 78.2 cm³/mol. The number of sulfonamides is 1. The lowest BCUT2D eigenvalue weighted by Gasteiger charge is -2.18. The van der Waals surface area contributed by atoms with Gasteiger partial charge >= 0.3 is 0 Å². The van der Waals surface area contributed by atoms with Gasteiger partial charge in [-0.15, -0.1) is 11.6 Å². The summed E-state index contributed by atoms with van der Waals surface area (Å²) in [6.07, 6.45) is 0. The van der Waals surface area contributed by atoms with Gasteiger partial charge in [-0.3, -0.25) is 0 Å². The van der Waals surface area contributed by atoms with Crippen molar-refractivity contribution in [3.8, 4) is 0 Å². The summed E-state index contributed by atoms with van der Waals surface area (Å²) in [6.45, 7) is 2.16. The van der Waals surface area contributed by atoms with Gasteiger partial charge in [-0.2, -0.15) is 0 Å². The fraction of sp³-hybridized carbons (Fsp3) is 0.538. The molecule has 2 atom stereocenters. The molecule has 6 heteroatoms. The molecule has 108 valence electrons. The van der Waals surface area contributed by atoms with Crippen LogP contribution in [0.2, 0.25) is 0 Å². The first kappa shape index (κ1) is 16.4. The zero-order valence-electron chi connectivity index (χ0n) is 11.2. The Labute approximate surface area is 120 Å². The average Bonchev–Trinajstić information content (AvgIpc) is 2.38. The Balaban J connectivity index is 2.64. The standard InChI is InChI=1S/C13H20ClNO3S/c1-11(12-6-4-3-5-7-12)10-19(16,17)15-13(8-14)9-18-2/h3-7,11,13,15H,8-10H2,1-2H3. The molecule has 0 bridgehead atoms. The van der Waals surface area contributed by atoms with Gasteiger partial charge in [0.1, 0.15) is 0 Å². The van der Waals surface area contributed by atoms with E-state index in [1.807, 2.05) is 37.3 Å². The highest BCUT2D eigenvalue weighted by Gasteiger charge is 2.20. The van der Waals surface area contributed by atoms with Gasteiger partial charge < -0.3 is 4.74 Å². The molecule has 0 radical (unpaired) electrons. The van der Waals surface area contributed by atoms with Gasteiger partial charge in [0.05, 0.1) is 18.4 Å². The molecular weight excluding hydrogens is 286 g/mol. The van der Waals surface area contributed by atoms with Crippen molar-refractivity contribution in [2.75, 3.05) is 25.3 Å². The smallest absolute Gasteiger partial charge is 0.212 e. The lowest BCUT2D eigenvalue weighted by Crippen LogP contribution is -2.41. The van der Waals surface area contributed by atoms with Crippen molar-refractivity contribution in [3.05, 3.63) is 35.9 Å². The predicted octanol–water partition coefficient (Wildman–Crippen LogP) is 1.96. The summed E-state index contributed by atoms with van der Waals surface area (Å²) in [5.74, 6) is 0.151. The molecule has 0 aromatic heterocycles. The molecule has 0 amide bonds. The van der Waals surface area contributed by atoms with Crippen molar-refractivity contribution in [3.63, 3.8) is 0 Å². The molecule has 0 aliphatic heterocycles. The van der Waals surface area contributed by atoms with Crippen molar-refractivity contribution in [1.29, 1.82) is 0 Å². The molecule has 1 N–H and O–H groups in total. The van der Waals surface area contributed by atoms with Crippen LogP contribution in [0.3, 0.4) is 0 Å². The van der Waals surface area contributed by atoms with Gasteiger partial charge in [-0.1, -0.05) is 37.3 Å². The van der Waals surface area contributed by atoms with Crippen molar-refractivity contribution in [2.45, 2.75) is 18.9 Å². The number of halogens is 1. The Bertz CT molecular complexity index is 464. The molecular formula is C13H20ClNO3S. The number of hydrogen-bond acceptors (Lipinski definition) is 3. The average molecular weight is 306 g/mol. The third kappa shape index (κ3) is 5.91. The van der Waals surface area contributed by atoms with E-state index in [9.17, 15) is 8.42 Å². The Morgan fingerprint density at radius 1 is 1.32 bits per heavy atom. The zero-order valence-corrected chi connectivity index (χ0v) is 12.7. The van der Waals surface area contributed by atoms with Gasteiger partial charge in [-0.05, 0) is 11.5 Å². The quantitative estimate of drug-likeness (QED) is 0.747. The van der Waals surface area contributed by atoms with Crippen LogP contribution >= 0.6 is 11.6 Å². The maximum Gasteiger partial charge on any atom is 0.212 e. The molecule has 0 saturated heterocycles. The molecule has 1 aromatic rings. The topological polar surface area (TPSA) is 55.4 Å². The van der Waals surface area contributed by atoms with E-state index in [1.165, 1.54) is 7.11 Å². The van der Waals surface area contributed by atoms with Gasteiger partial charge in [-0.25, -0.2) is 13.1 Å². The second kappa shape index (κ2) is 7.85. The Morgan fingerprint density at radius 2 is 1.95 bits per heavy atom. The normalized spacial score (nSPS) is 15.1. The highest BCUT2D eigenvalue weighted by molar-refractivity contribution is 7.89. The van der Waals surface area contributed by atoms with E-state index in [0.717, 1.165) is 5.56 Å². The van der Waals surface area contributed by atoms with Crippen molar-refractivity contribution in [2.24, 2.45) is 0 Å². The SMILES string of the molecule is COCC(CCl)NS(=O)(=O)CC(C)c1ccccc1. The van der Waals surface area contributed by atoms with E-state index < -0.39 is 10.0 Å². The first-order chi connectivity index (χ1) is 8.98. The molecule has 2 unspecified atom stereocenters.